The first-order valence-corrected chi connectivity index (χ1v) is 10.1. The predicted octanol–water partition coefficient (Wildman–Crippen LogP) is 4.76. The van der Waals surface area contributed by atoms with Gasteiger partial charge in [-0.1, -0.05) is 17.7 Å². The Hall–Kier alpha value is -1.64. The molecule has 1 aliphatic rings. The third kappa shape index (κ3) is 4.12. The zero-order chi connectivity index (χ0) is 19.8. The Morgan fingerprint density at radius 3 is 2.48 bits per heavy atom. The van der Waals surface area contributed by atoms with Gasteiger partial charge in [-0.15, -0.1) is 0 Å². The van der Waals surface area contributed by atoms with Crippen LogP contribution >= 0.6 is 11.6 Å². The molecule has 146 valence electrons. The minimum atomic E-state index is -4.82. The second-order valence-corrected chi connectivity index (χ2v) is 9.07. The number of hydrogen-bond donors (Lipinski definition) is 0. The standard InChI is InChI=1S/C18H17ClF3NO3S/c1-26-14-3-4-15(8-14)27(24,25)17-5-2-11(7-16(17)18(20,21)22)12-6-13(19)10-23-9-12/h2,5-7,9-10,14-15H,3-4,8H2,1H3/t14-,15-/m1/s1. The smallest absolute Gasteiger partial charge is 0.381 e. The van der Waals surface area contributed by atoms with Gasteiger partial charge in [0, 0.05) is 25.1 Å². The Morgan fingerprint density at radius 1 is 1.15 bits per heavy atom. The lowest BCUT2D eigenvalue weighted by atomic mass is 10.0. The van der Waals surface area contributed by atoms with Crippen molar-refractivity contribution in [3.63, 3.8) is 0 Å². The third-order valence-electron chi connectivity index (χ3n) is 4.74. The van der Waals surface area contributed by atoms with E-state index in [0.717, 1.165) is 12.1 Å². The topological polar surface area (TPSA) is 56.3 Å². The molecular weight excluding hydrogens is 403 g/mol. The number of sulfone groups is 1. The van der Waals surface area contributed by atoms with Gasteiger partial charge in [0.15, 0.2) is 9.84 Å². The Kier molecular flexibility index (Phi) is 5.52. The van der Waals surface area contributed by atoms with E-state index in [4.69, 9.17) is 16.3 Å². The number of halogens is 4. The van der Waals surface area contributed by atoms with E-state index in [9.17, 15) is 21.6 Å². The van der Waals surface area contributed by atoms with E-state index >= 15 is 0 Å². The minimum Gasteiger partial charge on any atom is -0.381 e. The fraction of sp³-hybridized carbons (Fsp3) is 0.389. The molecule has 4 nitrogen and oxygen atoms in total. The van der Waals surface area contributed by atoms with Crippen molar-refractivity contribution in [3.05, 3.63) is 47.2 Å². The number of methoxy groups -OCH3 is 1. The molecule has 0 amide bonds. The van der Waals surface area contributed by atoms with Crippen molar-refractivity contribution in [1.82, 2.24) is 4.98 Å². The molecule has 1 fully saturated rings. The highest BCUT2D eigenvalue weighted by Crippen LogP contribution is 2.40. The van der Waals surface area contributed by atoms with Gasteiger partial charge in [-0.25, -0.2) is 8.42 Å². The molecule has 0 N–H and O–H groups in total. The van der Waals surface area contributed by atoms with Crippen molar-refractivity contribution in [3.8, 4) is 11.1 Å². The number of alkyl halides is 3. The van der Waals surface area contributed by atoms with Gasteiger partial charge in [0.1, 0.15) is 0 Å². The Balaban J connectivity index is 2.08. The highest BCUT2D eigenvalue weighted by Gasteiger charge is 2.42. The average Bonchev–Trinajstić information content (AvgIpc) is 3.10. The summed E-state index contributed by atoms with van der Waals surface area (Å²) < 4.78 is 71.9. The molecule has 0 spiro atoms. The van der Waals surface area contributed by atoms with Crippen LogP contribution in [0.4, 0.5) is 13.2 Å². The fourth-order valence-corrected chi connectivity index (χ4v) is 5.51. The van der Waals surface area contributed by atoms with Gasteiger partial charge in [-0.3, -0.25) is 4.98 Å². The molecule has 3 rings (SSSR count). The lowest BCUT2D eigenvalue weighted by Crippen LogP contribution is -2.23. The van der Waals surface area contributed by atoms with Crippen molar-refractivity contribution >= 4 is 21.4 Å². The molecule has 0 bridgehead atoms. The molecule has 0 radical (unpaired) electrons. The molecule has 0 saturated heterocycles. The summed E-state index contributed by atoms with van der Waals surface area (Å²) in [6.07, 6.45) is -1.36. The summed E-state index contributed by atoms with van der Waals surface area (Å²) in [5.41, 5.74) is -0.615. The highest BCUT2D eigenvalue weighted by atomic mass is 35.5. The molecule has 2 atom stereocenters. The predicted molar refractivity (Wildman–Crippen MR) is 95.3 cm³/mol. The molecule has 1 aromatic carbocycles. The van der Waals surface area contributed by atoms with Crippen LogP contribution in [0.15, 0.2) is 41.6 Å². The summed E-state index contributed by atoms with van der Waals surface area (Å²) in [5.74, 6) is 0. The second-order valence-electron chi connectivity index (χ2n) is 6.44. The van der Waals surface area contributed by atoms with Gasteiger partial charge >= 0.3 is 6.18 Å². The zero-order valence-corrected chi connectivity index (χ0v) is 15.9. The maximum atomic E-state index is 13.7. The normalized spacial score (nSPS) is 20.8. The van der Waals surface area contributed by atoms with E-state index in [2.05, 4.69) is 4.98 Å². The Labute approximate surface area is 160 Å². The van der Waals surface area contributed by atoms with Crippen molar-refractivity contribution in [2.75, 3.05) is 7.11 Å². The van der Waals surface area contributed by atoms with Gasteiger partial charge in [-0.2, -0.15) is 13.2 Å². The molecule has 9 heteroatoms. The Bertz CT molecular complexity index is 947. The first kappa shape index (κ1) is 20.1. The van der Waals surface area contributed by atoms with Crippen LogP contribution in [0.1, 0.15) is 24.8 Å². The van der Waals surface area contributed by atoms with E-state index < -0.39 is 31.7 Å². The zero-order valence-electron chi connectivity index (χ0n) is 14.3. The molecule has 1 aliphatic carbocycles. The van der Waals surface area contributed by atoms with Crippen LogP contribution in [0.25, 0.3) is 11.1 Å². The number of aromatic nitrogens is 1. The molecule has 27 heavy (non-hydrogen) atoms. The monoisotopic (exact) mass is 419 g/mol. The van der Waals surface area contributed by atoms with Crippen LogP contribution in [-0.2, 0) is 20.8 Å². The van der Waals surface area contributed by atoms with Gasteiger partial charge < -0.3 is 4.74 Å². The molecule has 1 saturated carbocycles. The maximum Gasteiger partial charge on any atom is 0.417 e. The largest absolute Gasteiger partial charge is 0.417 e. The number of benzene rings is 1. The highest BCUT2D eigenvalue weighted by molar-refractivity contribution is 7.92. The number of hydrogen-bond acceptors (Lipinski definition) is 4. The summed E-state index contributed by atoms with van der Waals surface area (Å²) in [6.45, 7) is 0. The van der Waals surface area contributed by atoms with Gasteiger partial charge in [-0.05, 0) is 43.0 Å². The third-order valence-corrected chi connectivity index (χ3v) is 7.22. The van der Waals surface area contributed by atoms with Crippen LogP contribution < -0.4 is 0 Å². The second kappa shape index (κ2) is 7.41. The Morgan fingerprint density at radius 2 is 1.89 bits per heavy atom. The van der Waals surface area contributed by atoms with Gasteiger partial charge in [0.05, 0.1) is 26.8 Å². The van der Waals surface area contributed by atoms with Crippen LogP contribution in [0.2, 0.25) is 5.02 Å². The summed E-state index contributed by atoms with van der Waals surface area (Å²) in [4.78, 5) is 3.16. The SMILES string of the molecule is CO[C@@H]1CC[C@@H](S(=O)(=O)c2ccc(-c3cncc(Cl)c3)cc2C(F)(F)F)C1. The van der Waals surface area contributed by atoms with E-state index in [-0.39, 0.29) is 29.5 Å². The summed E-state index contributed by atoms with van der Waals surface area (Å²) in [7, 11) is -2.68. The van der Waals surface area contributed by atoms with Crippen molar-refractivity contribution < 1.29 is 26.3 Å². The van der Waals surface area contributed by atoms with E-state index in [1.165, 1.54) is 31.6 Å². The molecule has 1 aromatic heterocycles. The number of pyridine rings is 1. The molecule has 1 heterocycles. The van der Waals surface area contributed by atoms with Gasteiger partial charge in [0.25, 0.3) is 0 Å². The van der Waals surface area contributed by atoms with Crippen LogP contribution in [0.3, 0.4) is 0 Å². The minimum absolute atomic E-state index is 0.191. The van der Waals surface area contributed by atoms with Crippen LogP contribution in [-0.4, -0.2) is 31.9 Å². The van der Waals surface area contributed by atoms with Crippen LogP contribution in [0, 0.1) is 0 Å². The maximum absolute atomic E-state index is 13.7. The first-order valence-electron chi connectivity index (χ1n) is 8.22. The lowest BCUT2D eigenvalue weighted by Gasteiger charge is -2.18. The van der Waals surface area contributed by atoms with E-state index in [0.29, 0.717) is 12.0 Å². The van der Waals surface area contributed by atoms with Gasteiger partial charge in [0.2, 0.25) is 0 Å². The number of ether oxygens (including phenoxy) is 1. The lowest BCUT2D eigenvalue weighted by molar-refractivity contribution is -0.139. The molecule has 0 aliphatic heterocycles. The fourth-order valence-electron chi connectivity index (χ4n) is 3.33. The number of nitrogens with zero attached hydrogens (tertiary/aromatic N) is 1. The summed E-state index contributed by atoms with van der Waals surface area (Å²) in [6, 6.07) is 4.67. The summed E-state index contributed by atoms with van der Waals surface area (Å²) >= 11 is 5.85. The average molecular weight is 420 g/mol. The van der Waals surface area contributed by atoms with E-state index in [1.54, 1.807) is 0 Å². The van der Waals surface area contributed by atoms with Crippen molar-refractivity contribution in [2.45, 2.75) is 41.7 Å². The van der Waals surface area contributed by atoms with Crippen LogP contribution in [0.5, 0.6) is 0 Å². The van der Waals surface area contributed by atoms with Crippen molar-refractivity contribution in [1.29, 1.82) is 0 Å². The molecular formula is C18H17ClF3NO3S. The number of rotatable bonds is 4. The van der Waals surface area contributed by atoms with E-state index in [1.807, 2.05) is 0 Å². The molecule has 0 unspecified atom stereocenters. The first-order chi connectivity index (χ1) is 12.6. The molecule has 2 aromatic rings. The quantitative estimate of drug-likeness (QED) is 0.716. The summed E-state index contributed by atoms with van der Waals surface area (Å²) in [5, 5.41) is -0.614. The van der Waals surface area contributed by atoms with Crippen molar-refractivity contribution in [2.24, 2.45) is 0 Å².